The first-order chi connectivity index (χ1) is 10.2. The van der Waals surface area contributed by atoms with Gasteiger partial charge in [-0.15, -0.1) is 0 Å². The van der Waals surface area contributed by atoms with Gasteiger partial charge in [0.1, 0.15) is 0 Å². The van der Waals surface area contributed by atoms with Crippen molar-refractivity contribution in [3.63, 3.8) is 0 Å². The van der Waals surface area contributed by atoms with Crippen molar-refractivity contribution in [1.29, 1.82) is 0 Å². The van der Waals surface area contributed by atoms with Crippen LogP contribution in [0.25, 0.3) is 0 Å². The van der Waals surface area contributed by atoms with Gasteiger partial charge in [-0.1, -0.05) is 0 Å². The third kappa shape index (κ3) is 7.20. The fourth-order valence-electron chi connectivity index (χ4n) is 2.39. The summed E-state index contributed by atoms with van der Waals surface area (Å²) >= 11 is 5.23. The van der Waals surface area contributed by atoms with Gasteiger partial charge in [0, 0.05) is 0 Å². The predicted octanol–water partition coefficient (Wildman–Crippen LogP) is 6.46. The van der Waals surface area contributed by atoms with Crippen LogP contribution >= 0.6 is 0 Å². The summed E-state index contributed by atoms with van der Waals surface area (Å²) in [5.74, 6) is 2.26. The summed E-state index contributed by atoms with van der Waals surface area (Å²) in [6.45, 7) is 4.48. The van der Waals surface area contributed by atoms with Crippen molar-refractivity contribution in [1.82, 2.24) is 0 Å². The summed E-state index contributed by atoms with van der Waals surface area (Å²) in [5, 5.41) is 0. The molecule has 2 aliphatic carbocycles. The Labute approximate surface area is 146 Å². The van der Waals surface area contributed by atoms with E-state index < -0.39 is 0 Å². The van der Waals surface area contributed by atoms with E-state index in [-0.39, 0.29) is 0 Å². The molecule has 0 unspecified atom stereocenters. The zero-order chi connectivity index (χ0) is 15.5. The van der Waals surface area contributed by atoms with Crippen LogP contribution in [0.15, 0.2) is 44.4 Å². The van der Waals surface area contributed by atoms with Crippen LogP contribution in [0.1, 0.15) is 65.2 Å². The Morgan fingerprint density at radius 2 is 1.52 bits per heavy atom. The molecule has 0 N–H and O–H groups in total. The monoisotopic (exact) mass is 369 g/mol. The van der Waals surface area contributed by atoms with Crippen LogP contribution in [0, 0.1) is 0 Å². The Morgan fingerprint density at radius 1 is 0.952 bits per heavy atom. The van der Waals surface area contributed by atoms with Crippen LogP contribution in [-0.2, 0) is 31.0 Å². The summed E-state index contributed by atoms with van der Waals surface area (Å²) in [6.07, 6.45) is 19.1. The molecule has 2 rings (SSSR count). The van der Waals surface area contributed by atoms with Crippen LogP contribution in [0.5, 0.6) is 0 Å². The van der Waals surface area contributed by atoms with Gasteiger partial charge >= 0.3 is 146 Å². The molecule has 121 valence electrons. The molecule has 0 radical (unpaired) electrons. The number of hydrogen-bond donors (Lipinski definition) is 0. The average Bonchev–Trinajstić information content (AvgIpc) is 3.12. The van der Waals surface area contributed by atoms with Crippen LogP contribution in [-0.4, -0.2) is 0 Å². The second kappa shape index (κ2) is 11.6. The van der Waals surface area contributed by atoms with E-state index in [1.54, 1.807) is 10.0 Å². The molecule has 0 bridgehead atoms. The van der Waals surface area contributed by atoms with Crippen LogP contribution in [0.2, 0.25) is 5.82 Å². The van der Waals surface area contributed by atoms with Crippen molar-refractivity contribution in [2.75, 3.05) is 0 Å². The predicted molar refractivity (Wildman–Crippen MR) is 86.5 cm³/mol. The van der Waals surface area contributed by atoms with Gasteiger partial charge in [0.25, 0.3) is 0 Å². The van der Waals surface area contributed by atoms with E-state index in [9.17, 15) is 0 Å². The molecule has 0 heterocycles. The molecule has 0 aromatic rings. The Balaban J connectivity index is 0.000000211. The Bertz CT molecular complexity index is 425. The van der Waals surface area contributed by atoms with Gasteiger partial charge in [-0.25, -0.2) is 0 Å². The van der Waals surface area contributed by atoms with E-state index in [1.165, 1.54) is 69.9 Å². The molecule has 0 amide bonds. The molecule has 0 saturated carbocycles. The first-order valence-electron chi connectivity index (χ1n) is 8.10. The summed E-state index contributed by atoms with van der Waals surface area (Å²) in [7, 11) is 0. The SMILES string of the molecule is CCCCC1=[C]([Fe])CC=C1.CCCCC1=[C]([Fe][CH3])CC=C1. The number of allylic oxidation sites excluding steroid dienone is 8. The molecule has 21 heavy (non-hydrogen) atoms. The molecule has 0 aromatic heterocycles. The second-order valence-corrected chi connectivity index (χ2v) is 7.31. The van der Waals surface area contributed by atoms with Gasteiger partial charge in [0.05, 0.1) is 0 Å². The van der Waals surface area contributed by atoms with Crippen molar-refractivity contribution in [2.45, 2.75) is 71.0 Å². The molecule has 0 fully saturated rings. The van der Waals surface area contributed by atoms with Gasteiger partial charge in [0.15, 0.2) is 0 Å². The topological polar surface area (TPSA) is 0 Å². The number of hydrogen-bond acceptors (Lipinski definition) is 0. The van der Waals surface area contributed by atoms with Gasteiger partial charge in [-0.3, -0.25) is 0 Å². The maximum atomic E-state index is 3.99. The van der Waals surface area contributed by atoms with Gasteiger partial charge in [0.2, 0.25) is 0 Å². The van der Waals surface area contributed by atoms with Crippen molar-refractivity contribution in [3.8, 4) is 0 Å². The van der Waals surface area contributed by atoms with Gasteiger partial charge in [-0.2, -0.15) is 0 Å². The number of unbranched alkanes of at least 4 members (excludes halogenated alkanes) is 2. The van der Waals surface area contributed by atoms with Crippen molar-refractivity contribution in [3.05, 3.63) is 44.4 Å². The third-order valence-corrected chi connectivity index (χ3v) is 5.54. The third-order valence-electron chi connectivity index (χ3n) is 3.72. The molecule has 0 atom stereocenters. The van der Waals surface area contributed by atoms with E-state index in [0.717, 1.165) is 6.42 Å². The van der Waals surface area contributed by atoms with E-state index in [1.807, 2.05) is 0 Å². The summed E-state index contributed by atoms with van der Waals surface area (Å²) in [6, 6.07) is 0. The molecule has 2 aliphatic rings. The zero-order valence-electron chi connectivity index (χ0n) is 13.7. The van der Waals surface area contributed by atoms with Crippen molar-refractivity contribution < 1.29 is 31.0 Å². The molecule has 0 nitrogen and oxygen atoms in total. The van der Waals surface area contributed by atoms with E-state index in [4.69, 9.17) is 0 Å². The minimum absolute atomic E-state index is 1.08. The summed E-state index contributed by atoms with van der Waals surface area (Å²) < 4.78 is 2.99. The van der Waals surface area contributed by atoms with E-state index in [0.29, 0.717) is 0 Å². The molecule has 0 saturated heterocycles. The molecular formula is C19H29Fe2. The van der Waals surface area contributed by atoms with Crippen LogP contribution in [0.3, 0.4) is 0 Å². The summed E-state index contributed by atoms with van der Waals surface area (Å²) in [5.41, 5.74) is 3.09. The fourth-order valence-corrected chi connectivity index (χ4v) is 3.69. The fraction of sp³-hybridized carbons (Fsp3) is 0.579. The average molecular weight is 369 g/mol. The number of rotatable bonds is 7. The van der Waals surface area contributed by atoms with Crippen molar-refractivity contribution >= 4 is 0 Å². The maximum absolute atomic E-state index is 3.99. The molecular weight excluding hydrogens is 340 g/mol. The second-order valence-electron chi connectivity index (χ2n) is 5.43. The summed E-state index contributed by atoms with van der Waals surface area (Å²) in [4.78, 5) is 0. The Hall–Kier alpha value is -0.00104. The zero-order valence-corrected chi connectivity index (χ0v) is 15.9. The van der Waals surface area contributed by atoms with E-state index in [2.05, 4.69) is 60.0 Å². The van der Waals surface area contributed by atoms with Crippen LogP contribution < -0.4 is 0 Å². The van der Waals surface area contributed by atoms with E-state index >= 15 is 0 Å². The van der Waals surface area contributed by atoms with Gasteiger partial charge in [-0.05, 0) is 0 Å². The molecule has 0 aliphatic heterocycles. The van der Waals surface area contributed by atoms with Gasteiger partial charge < -0.3 is 0 Å². The Morgan fingerprint density at radius 3 is 2.05 bits per heavy atom. The first kappa shape index (κ1) is 19.0. The molecule has 2 heteroatoms. The standard InChI is InChI=1S/2C9H13.CH3.2Fe/c2*1-2-3-6-9-7-4-5-8-9;;;/h2*4,7H,2-3,5-6H2,1H3;1H3;;. The van der Waals surface area contributed by atoms with Crippen molar-refractivity contribution in [2.24, 2.45) is 0 Å². The Kier molecular flexibility index (Phi) is 10.5. The first-order valence-corrected chi connectivity index (χ1v) is 10.3. The minimum atomic E-state index is 1.08. The molecule has 0 spiro atoms. The van der Waals surface area contributed by atoms with Crippen LogP contribution in [0.4, 0.5) is 0 Å². The molecule has 0 aromatic carbocycles. The quantitative estimate of drug-likeness (QED) is 0.452. The normalized spacial score (nSPS) is 17.0.